The van der Waals surface area contributed by atoms with Gasteiger partial charge in [0.1, 0.15) is 5.60 Å². The fourth-order valence-corrected chi connectivity index (χ4v) is 1.91. The molecule has 0 N–H and O–H groups in total. The number of nitrogens with zero attached hydrogens (tertiary/aromatic N) is 2. The second kappa shape index (κ2) is 5.51. The third-order valence-electron chi connectivity index (χ3n) is 2.16. The molecule has 0 saturated carbocycles. The van der Waals surface area contributed by atoms with Crippen LogP contribution in [0.3, 0.4) is 0 Å². The van der Waals surface area contributed by atoms with Crippen LogP contribution in [0.15, 0.2) is 4.40 Å². The van der Waals surface area contributed by atoms with Gasteiger partial charge in [0, 0.05) is 30.0 Å². The van der Waals surface area contributed by atoms with Crippen LogP contribution < -0.4 is 0 Å². The van der Waals surface area contributed by atoms with Gasteiger partial charge in [-0.2, -0.15) is 0 Å². The van der Waals surface area contributed by atoms with Crippen molar-refractivity contribution in [1.82, 2.24) is 4.90 Å². The number of hydrogen-bond acceptors (Lipinski definition) is 4. The summed E-state index contributed by atoms with van der Waals surface area (Å²) in [5, 5.41) is 0. The molecule has 4 nitrogen and oxygen atoms in total. The van der Waals surface area contributed by atoms with Crippen molar-refractivity contribution in [3.05, 3.63) is 0 Å². The van der Waals surface area contributed by atoms with Gasteiger partial charge >= 0.3 is 6.09 Å². The maximum Gasteiger partial charge on any atom is 0.410 e. The monoisotopic (exact) mass is 272 g/mol. The maximum absolute atomic E-state index is 11.7. The molecule has 0 unspecified atom stereocenters. The Morgan fingerprint density at radius 3 is 2.28 bits per heavy atom. The average molecular weight is 272 g/mol. The minimum Gasteiger partial charge on any atom is -0.444 e. The molecule has 0 aromatic heterocycles. The van der Waals surface area contributed by atoms with Crippen molar-refractivity contribution < 1.29 is 9.53 Å². The van der Waals surface area contributed by atoms with Crippen LogP contribution in [0.5, 0.6) is 0 Å². The van der Waals surface area contributed by atoms with Crippen LogP contribution in [-0.4, -0.2) is 40.6 Å². The first kappa shape index (κ1) is 15.3. The summed E-state index contributed by atoms with van der Waals surface area (Å²) < 4.78 is 9.78. The fraction of sp³-hybridized carbons (Fsp3) is 0.846. The Labute approximate surface area is 114 Å². The Kier molecular flexibility index (Phi) is 4.70. The van der Waals surface area contributed by atoms with Crippen LogP contribution in [0.25, 0.3) is 0 Å². The van der Waals surface area contributed by atoms with E-state index in [0.29, 0.717) is 19.0 Å². The Balaban J connectivity index is 2.26. The zero-order valence-corrected chi connectivity index (χ0v) is 13.0. The maximum atomic E-state index is 11.7. The summed E-state index contributed by atoms with van der Waals surface area (Å²) in [5.41, 5.74) is -0.418. The van der Waals surface area contributed by atoms with E-state index in [1.165, 1.54) is 0 Å². The van der Waals surface area contributed by atoms with Crippen LogP contribution in [0, 0.1) is 5.92 Å². The van der Waals surface area contributed by atoms with Gasteiger partial charge in [-0.15, -0.1) is 0 Å². The van der Waals surface area contributed by atoms with Crippen molar-refractivity contribution in [1.29, 1.82) is 0 Å². The van der Waals surface area contributed by atoms with Crippen LogP contribution in [0.4, 0.5) is 4.79 Å². The Bertz CT molecular complexity index is 323. The van der Waals surface area contributed by atoms with E-state index in [9.17, 15) is 4.79 Å². The molecule has 0 bridgehead atoms. The number of carbonyl (C=O) groups excluding carboxylic acids is 1. The molecule has 18 heavy (non-hydrogen) atoms. The van der Waals surface area contributed by atoms with Gasteiger partial charge in [-0.05, 0) is 53.5 Å². The number of rotatable bonds is 2. The molecule has 1 saturated heterocycles. The molecule has 1 rings (SSSR count). The minimum absolute atomic E-state index is 0.144. The van der Waals surface area contributed by atoms with Crippen molar-refractivity contribution in [3.63, 3.8) is 0 Å². The highest BCUT2D eigenvalue weighted by atomic mass is 32.2. The predicted octanol–water partition coefficient (Wildman–Crippen LogP) is 3.37. The summed E-state index contributed by atoms with van der Waals surface area (Å²) in [6.45, 7) is 13.4. The highest BCUT2D eigenvalue weighted by Crippen LogP contribution is 2.25. The van der Waals surface area contributed by atoms with Gasteiger partial charge in [-0.1, -0.05) is 0 Å². The van der Waals surface area contributed by atoms with E-state index in [4.69, 9.17) is 4.74 Å². The van der Waals surface area contributed by atoms with Crippen molar-refractivity contribution in [2.45, 2.75) is 51.9 Å². The Hall–Kier alpha value is -0.710. The summed E-state index contributed by atoms with van der Waals surface area (Å²) in [6, 6.07) is 0. The van der Waals surface area contributed by atoms with Gasteiger partial charge in [-0.3, -0.25) is 0 Å². The van der Waals surface area contributed by atoms with Crippen LogP contribution >= 0.6 is 11.9 Å². The topological polar surface area (TPSA) is 41.9 Å². The number of hydrogen-bond donors (Lipinski definition) is 0. The lowest BCUT2D eigenvalue weighted by atomic mass is 10.0. The first-order valence-corrected chi connectivity index (χ1v) is 7.04. The van der Waals surface area contributed by atoms with Crippen molar-refractivity contribution >= 4 is 24.3 Å². The first-order valence-electron chi connectivity index (χ1n) is 6.26. The number of ether oxygens (including phenoxy) is 1. The molecule has 0 aromatic rings. The van der Waals surface area contributed by atoms with Gasteiger partial charge < -0.3 is 9.64 Å². The highest BCUT2D eigenvalue weighted by Gasteiger charge is 2.32. The second-order valence-corrected chi connectivity index (χ2v) is 8.22. The van der Waals surface area contributed by atoms with Crippen molar-refractivity contribution in [2.24, 2.45) is 10.3 Å². The predicted molar refractivity (Wildman–Crippen MR) is 77.1 cm³/mol. The lowest BCUT2D eigenvalue weighted by Gasteiger charge is -2.37. The van der Waals surface area contributed by atoms with E-state index in [1.807, 2.05) is 27.0 Å². The molecule has 1 aliphatic rings. The third kappa shape index (κ3) is 5.76. The summed E-state index contributed by atoms with van der Waals surface area (Å²) in [6.07, 6.45) is 1.71. The largest absolute Gasteiger partial charge is 0.444 e. The first-order chi connectivity index (χ1) is 8.07. The zero-order chi connectivity index (χ0) is 14.0. The average Bonchev–Trinajstić information content (AvgIpc) is 2.03. The number of amides is 1. The van der Waals surface area contributed by atoms with Crippen LogP contribution in [0.1, 0.15) is 41.5 Å². The fourth-order valence-electron chi connectivity index (χ4n) is 1.36. The smallest absolute Gasteiger partial charge is 0.410 e. The van der Waals surface area contributed by atoms with Gasteiger partial charge in [0.05, 0.1) is 0 Å². The molecule has 1 aliphatic heterocycles. The van der Waals surface area contributed by atoms with Gasteiger partial charge in [0.25, 0.3) is 0 Å². The molecule has 1 fully saturated rings. The van der Waals surface area contributed by atoms with Gasteiger partial charge in [-0.25, -0.2) is 9.19 Å². The quantitative estimate of drug-likeness (QED) is 0.571. The standard InChI is InChI=1S/C13H24N2O2S/c1-12(2,3)17-11(16)15-8-10(9-15)7-14-18-13(4,5)6/h7,10H,8-9H2,1-6H3/b14-7+. The minimum atomic E-state index is -0.418. The SMILES string of the molecule is CC(C)(C)OC(=O)N1CC(/C=N/SC(C)(C)C)C1. The van der Waals surface area contributed by atoms with E-state index in [2.05, 4.69) is 25.2 Å². The summed E-state index contributed by atoms with van der Waals surface area (Å²) in [7, 11) is 0. The Morgan fingerprint density at radius 1 is 1.28 bits per heavy atom. The Morgan fingerprint density at radius 2 is 1.83 bits per heavy atom. The van der Waals surface area contributed by atoms with Gasteiger partial charge in [0.15, 0.2) is 0 Å². The molecule has 0 atom stereocenters. The molecule has 0 radical (unpaired) electrons. The van der Waals surface area contributed by atoms with E-state index in [1.54, 1.807) is 16.8 Å². The van der Waals surface area contributed by atoms with E-state index in [0.717, 1.165) is 0 Å². The second-order valence-electron chi connectivity index (χ2n) is 6.60. The molecule has 1 amide bonds. The van der Waals surface area contributed by atoms with Crippen LogP contribution in [0.2, 0.25) is 0 Å². The molecular weight excluding hydrogens is 248 g/mol. The summed E-state index contributed by atoms with van der Waals surface area (Å²) in [5.74, 6) is 0.368. The zero-order valence-electron chi connectivity index (χ0n) is 12.2. The molecular formula is C13H24N2O2S. The normalized spacial score (nSPS) is 18.0. The molecule has 104 valence electrons. The van der Waals surface area contributed by atoms with E-state index < -0.39 is 5.60 Å². The number of likely N-dealkylation sites (tertiary alicyclic amines) is 1. The number of carbonyl (C=O) groups is 1. The third-order valence-corrected chi connectivity index (χ3v) is 2.93. The molecule has 5 heteroatoms. The lowest BCUT2D eigenvalue weighted by Crippen LogP contribution is -2.52. The summed E-state index contributed by atoms with van der Waals surface area (Å²) in [4.78, 5) is 13.4. The van der Waals surface area contributed by atoms with Crippen molar-refractivity contribution in [2.75, 3.05) is 13.1 Å². The summed E-state index contributed by atoms with van der Waals surface area (Å²) >= 11 is 1.57. The van der Waals surface area contributed by atoms with Crippen LogP contribution in [-0.2, 0) is 4.74 Å². The van der Waals surface area contributed by atoms with E-state index in [-0.39, 0.29) is 10.8 Å². The van der Waals surface area contributed by atoms with Gasteiger partial charge in [0.2, 0.25) is 0 Å². The molecule has 0 aromatic carbocycles. The van der Waals surface area contributed by atoms with Crippen molar-refractivity contribution in [3.8, 4) is 0 Å². The molecule has 1 heterocycles. The molecule has 0 aliphatic carbocycles. The molecule has 0 spiro atoms. The highest BCUT2D eigenvalue weighted by molar-refractivity contribution is 7.99. The lowest BCUT2D eigenvalue weighted by molar-refractivity contribution is 0.00740. The van der Waals surface area contributed by atoms with E-state index >= 15 is 0 Å².